The van der Waals surface area contributed by atoms with Crippen molar-refractivity contribution in [2.75, 3.05) is 5.75 Å². The number of nitrogens with zero attached hydrogens (tertiary/aromatic N) is 3. The summed E-state index contributed by atoms with van der Waals surface area (Å²) in [5.74, 6) is -1.26. The molecule has 0 radical (unpaired) electrons. The van der Waals surface area contributed by atoms with E-state index < -0.39 is 23.8 Å². The first kappa shape index (κ1) is 23.3. The molecule has 3 aromatic rings. The minimum absolute atomic E-state index is 0.0193. The van der Waals surface area contributed by atoms with Crippen LogP contribution in [0.5, 0.6) is 0 Å². The van der Waals surface area contributed by atoms with Gasteiger partial charge in [-0.15, -0.1) is 11.8 Å². The minimum Gasteiger partial charge on any atom is -0.231 e. The van der Waals surface area contributed by atoms with Crippen molar-refractivity contribution in [3.63, 3.8) is 0 Å². The summed E-state index contributed by atoms with van der Waals surface area (Å²) < 4.78 is 78.8. The van der Waals surface area contributed by atoms with E-state index in [4.69, 9.17) is 23.2 Å². The van der Waals surface area contributed by atoms with E-state index in [1.165, 1.54) is 36.4 Å². The molecule has 0 fully saturated rings. The van der Waals surface area contributed by atoms with Crippen molar-refractivity contribution in [1.29, 1.82) is 5.26 Å². The molecule has 0 unspecified atom stereocenters. The smallest absolute Gasteiger partial charge is 0.231 e. The molecular weight excluding hydrogens is 487 g/mol. The Labute approximate surface area is 186 Å². The SMILES string of the molecule is N#Cc1ccc(-c2cc(C(F)(F)F)nn2-c2ccc(Cl)cc2Cl)cc1SCC(F)(F)F. The first-order valence-electron chi connectivity index (χ1n) is 8.26. The highest BCUT2D eigenvalue weighted by Gasteiger charge is 2.35. The lowest BCUT2D eigenvalue weighted by molar-refractivity contribution is -0.141. The zero-order valence-electron chi connectivity index (χ0n) is 15.0. The zero-order valence-corrected chi connectivity index (χ0v) is 17.4. The number of benzene rings is 2. The van der Waals surface area contributed by atoms with Gasteiger partial charge in [-0.25, -0.2) is 4.68 Å². The van der Waals surface area contributed by atoms with Crippen LogP contribution in [0.3, 0.4) is 0 Å². The molecule has 31 heavy (non-hydrogen) atoms. The van der Waals surface area contributed by atoms with Gasteiger partial charge in [0.05, 0.1) is 27.7 Å². The normalized spacial score (nSPS) is 12.1. The monoisotopic (exact) mass is 495 g/mol. The van der Waals surface area contributed by atoms with Gasteiger partial charge in [-0.3, -0.25) is 0 Å². The molecule has 162 valence electrons. The van der Waals surface area contributed by atoms with Gasteiger partial charge >= 0.3 is 12.4 Å². The Bertz CT molecular complexity index is 1160. The molecule has 0 spiro atoms. The molecule has 0 bridgehead atoms. The van der Waals surface area contributed by atoms with Gasteiger partial charge in [0.15, 0.2) is 5.69 Å². The fraction of sp³-hybridized carbons (Fsp3) is 0.158. The highest BCUT2D eigenvalue weighted by Crippen LogP contribution is 2.37. The molecule has 0 atom stereocenters. The van der Waals surface area contributed by atoms with Gasteiger partial charge in [0.25, 0.3) is 0 Å². The quantitative estimate of drug-likeness (QED) is 0.280. The van der Waals surface area contributed by atoms with E-state index in [9.17, 15) is 31.6 Å². The topological polar surface area (TPSA) is 41.6 Å². The summed E-state index contributed by atoms with van der Waals surface area (Å²) in [5.41, 5.74) is -1.12. The van der Waals surface area contributed by atoms with Crippen LogP contribution in [0.4, 0.5) is 26.3 Å². The Morgan fingerprint density at radius 3 is 2.29 bits per heavy atom. The number of hydrogen-bond acceptors (Lipinski definition) is 3. The van der Waals surface area contributed by atoms with Crippen molar-refractivity contribution in [3.05, 3.63) is 63.8 Å². The van der Waals surface area contributed by atoms with Gasteiger partial charge in [-0.05, 0) is 36.4 Å². The molecule has 12 heteroatoms. The molecule has 1 aromatic heterocycles. The van der Waals surface area contributed by atoms with Gasteiger partial charge in [0, 0.05) is 15.5 Å². The van der Waals surface area contributed by atoms with Crippen molar-refractivity contribution < 1.29 is 26.3 Å². The maximum atomic E-state index is 13.3. The molecule has 0 N–H and O–H groups in total. The summed E-state index contributed by atoms with van der Waals surface area (Å²) in [6.07, 6.45) is -9.27. The highest BCUT2D eigenvalue weighted by molar-refractivity contribution is 7.99. The summed E-state index contributed by atoms with van der Waals surface area (Å²) in [5, 5.41) is 13.0. The molecule has 0 amide bonds. The van der Waals surface area contributed by atoms with E-state index in [2.05, 4.69) is 5.10 Å². The number of thioether (sulfide) groups is 1. The summed E-state index contributed by atoms with van der Waals surface area (Å²) in [6.45, 7) is 0. The number of alkyl halides is 6. The second kappa shape index (κ2) is 8.65. The number of hydrogen-bond donors (Lipinski definition) is 0. The fourth-order valence-electron chi connectivity index (χ4n) is 2.61. The molecule has 0 aliphatic heterocycles. The second-order valence-corrected chi connectivity index (χ2v) is 8.01. The average Bonchev–Trinajstić information content (AvgIpc) is 3.11. The van der Waals surface area contributed by atoms with E-state index in [0.717, 1.165) is 10.7 Å². The lowest BCUT2D eigenvalue weighted by atomic mass is 10.1. The van der Waals surface area contributed by atoms with Crippen LogP contribution in [0.25, 0.3) is 16.9 Å². The van der Waals surface area contributed by atoms with Crippen LogP contribution in [-0.2, 0) is 6.18 Å². The van der Waals surface area contributed by atoms with Crippen LogP contribution in [-0.4, -0.2) is 21.7 Å². The lowest BCUT2D eigenvalue weighted by Crippen LogP contribution is -2.10. The molecule has 3 rings (SSSR count). The second-order valence-electron chi connectivity index (χ2n) is 6.15. The largest absolute Gasteiger partial charge is 0.435 e. The standard InChI is InChI=1S/C19H9Cl2F6N3S/c20-12-3-4-14(13(21)6-12)30-15(7-17(29-30)19(25,26)27)10-1-2-11(8-28)16(5-10)31-9-18(22,23)24/h1-7H,9H2. The Morgan fingerprint density at radius 2 is 1.71 bits per heavy atom. The van der Waals surface area contributed by atoms with E-state index in [-0.39, 0.29) is 37.4 Å². The number of nitriles is 1. The molecule has 0 aliphatic rings. The molecule has 0 aliphatic carbocycles. The van der Waals surface area contributed by atoms with Crippen molar-refractivity contribution >= 4 is 35.0 Å². The average molecular weight is 496 g/mol. The number of halogens is 8. The van der Waals surface area contributed by atoms with Crippen LogP contribution in [0, 0.1) is 11.3 Å². The van der Waals surface area contributed by atoms with Crippen LogP contribution in [0.1, 0.15) is 11.3 Å². The van der Waals surface area contributed by atoms with Crippen molar-refractivity contribution in [2.45, 2.75) is 17.2 Å². The third-order valence-corrected chi connectivity index (χ3v) is 5.59. The Morgan fingerprint density at radius 1 is 1.00 bits per heavy atom. The molecule has 3 nitrogen and oxygen atoms in total. The first-order valence-corrected chi connectivity index (χ1v) is 10.00. The molecule has 1 heterocycles. The maximum Gasteiger partial charge on any atom is 0.435 e. The van der Waals surface area contributed by atoms with Gasteiger partial charge in [0.2, 0.25) is 0 Å². The Kier molecular flexibility index (Phi) is 6.51. The van der Waals surface area contributed by atoms with E-state index in [1.807, 2.05) is 0 Å². The Hall–Kier alpha value is -2.35. The highest BCUT2D eigenvalue weighted by atomic mass is 35.5. The van der Waals surface area contributed by atoms with Gasteiger partial charge in [-0.1, -0.05) is 29.3 Å². The summed E-state index contributed by atoms with van der Waals surface area (Å²) in [4.78, 5) is -0.0270. The molecular formula is C19H9Cl2F6N3S. The third kappa shape index (κ3) is 5.47. The summed E-state index contributed by atoms with van der Waals surface area (Å²) in [7, 11) is 0. The van der Waals surface area contributed by atoms with E-state index in [1.54, 1.807) is 6.07 Å². The van der Waals surface area contributed by atoms with Crippen molar-refractivity contribution in [3.8, 4) is 23.0 Å². The number of rotatable bonds is 4. The van der Waals surface area contributed by atoms with Crippen LogP contribution in [0.15, 0.2) is 47.4 Å². The summed E-state index contributed by atoms with van der Waals surface area (Å²) in [6, 6.07) is 10.4. The van der Waals surface area contributed by atoms with Gasteiger partial charge < -0.3 is 0 Å². The lowest BCUT2D eigenvalue weighted by Gasteiger charge is -2.12. The van der Waals surface area contributed by atoms with Crippen molar-refractivity contribution in [2.24, 2.45) is 0 Å². The summed E-state index contributed by atoms with van der Waals surface area (Å²) >= 11 is 12.3. The van der Waals surface area contributed by atoms with Crippen LogP contribution < -0.4 is 0 Å². The van der Waals surface area contributed by atoms with Gasteiger partial charge in [0.1, 0.15) is 6.07 Å². The zero-order chi connectivity index (χ0) is 23.0. The van der Waals surface area contributed by atoms with E-state index >= 15 is 0 Å². The van der Waals surface area contributed by atoms with Crippen LogP contribution >= 0.6 is 35.0 Å². The number of aromatic nitrogens is 2. The van der Waals surface area contributed by atoms with Crippen LogP contribution in [0.2, 0.25) is 10.0 Å². The Balaban J connectivity index is 2.18. The predicted molar refractivity (Wildman–Crippen MR) is 106 cm³/mol. The van der Waals surface area contributed by atoms with Gasteiger partial charge in [-0.2, -0.15) is 36.7 Å². The molecule has 0 saturated heterocycles. The van der Waals surface area contributed by atoms with E-state index in [0.29, 0.717) is 11.8 Å². The third-order valence-electron chi connectivity index (χ3n) is 3.93. The molecule has 0 saturated carbocycles. The minimum atomic E-state index is -4.78. The molecule has 2 aromatic carbocycles. The first-order chi connectivity index (χ1) is 14.4. The fourth-order valence-corrected chi connectivity index (χ4v) is 3.90. The maximum absolute atomic E-state index is 13.3. The predicted octanol–water partition coefficient (Wildman–Crippen LogP) is 7.39. The van der Waals surface area contributed by atoms with Crippen molar-refractivity contribution in [1.82, 2.24) is 9.78 Å².